The number of hydrogen-bond donors (Lipinski definition) is 0. The summed E-state index contributed by atoms with van der Waals surface area (Å²) in [4.78, 5) is 31.2. The van der Waals surface area contributed by atoms with Gasteiger partial charge in [0.2, 0.25) is 0 Å². The lowest BCUT2D eigenvalue weighted by molar-refractivity contribution is 0.662. The van der Waals surface area contributed by atoms with Gasteiger partial charge in [0.25, 0.3) is 0 Å². The Morgan fingerprint density at radius 1 is 0.196 bits per heavy atom. The van der Waals surface area contributed by atoms with E-state index in [4.69, 9.17) is 47.6 Å². The van der Waals surface area contributed by atoms with Gasteiger partial charge in [0.15, 0.2) is 34.9 Å². The predicted octanol–water partition coefficient (Wildman–Crippen LogP) is 23.5. The van der Waals surface area contributed by atoms with Crippen molar-refractivity contribution in [2.75, 3.05) is 0 Å². The first-order valence-corrected chi connectivity index (χ1v) is 34.0. The molecular weight excluding hydrogens is 1260 g/mol. The van der Waals surface area contributed by atoms with E-state index in [-0.39, 0.29) is 0 Å². The lowest BCUT2D eigenvalue weighted by atomic mass is 10.0. The fraction of sp³-hybridized carbons (Fsp3) is 0. The molecule has 0 saturated carbocycles. The van der Waals surface area contributed by atoms with Crippen molar-refractivity contribution in [2.24, 2.45) is 0 Å². The number of hydrogen-bond acceptors (Lipinski definition) is 10. The average Bonchev–Trinajstić information content (AvgIpc) is 1.56. The number of furan rings is 4. The maximum absolute atomic E-state index is 6.97. The van der Waals surface area contributed by atoms with E-state index in [1.54, 1.807) is 0 Å². The van der Waals surface area contributed by atoms with E-state index < -0.39 is 0 Å². The first kappa shape index (κ1) is 56.0. The van der Waals surface area contributed by atoms with Crippen LogP contribution in [-0.2, 0) is 0 Å². The largest absolute Gasteiger partial charge is 0.456 e. The molecule has 0 aliphatic heterocycles. The van der Waals surface area contributed by atoms with Crippen molar-refractivity contribution >= 4 is 131 Å². The van der Waals surface area contributed by atoms with Crippen LogP contribution in [-0.4, -0.2) is 39.0 Å². The molecule has 0 unspecified atom stereocenters. The molecule has 0 spiro atoms. The van der Waals surface area contributed by atoms with Crippen molar-refractivity contribution in [1.29, 1.82) is 0 Å². The molecule has 0 aliphatic rings. The van der Waals surface area contributed by atoms with Crippen LogP contribution in [0.4, 0.5) is 0 Å². The summed E-state index contributed by atoms with van der Waals surface area (Å²) in [6.07, 6.45) is 0. The van der Waals surface area contributed by atoms with Gasteiger partial charge in [-0.1, -0.05) is 206 Å². The Kier molecular flexibility index (Phi) is 11.9. The van der Waals surface area contributed by atoms with E-state index in [1.807, 2.05) is 127 Å². The van der Waals surface area contributed by atoms with Gasteiger partial charge in [-0.2, -0.15) is 0 Å². The van der Waals surface area contributed by atoms with Crippen LogP contribution in [0.1, 0.15) is 0 Å². The smallest absolute Gasteiger partial charge is 0.164 e. The molecule has 0 N–H and O–H groups in total. The van der Waals surface area contributed by atoms with Gasteiger partial charge in [-0.15, -0.1) is 0 Å². The number of aromatic nitrogens is 8. The van der Waals surface area contributed by atoms with E-state index in [2.05, 4.69) is 185 Å². The molecule has 0 fully saturated rings. The Morgan fingerprint density at radius 2 is 0.569 bits per heavy atom. The Bertz CT molecular complexity index is 7140. The van der Waals surface area contributed by atoms with Gasteiger partial charge in [0, 0.05) is 104 Å². The van der Waals surface area contributed by atoms with Crippen LogP contribution in [0, 0.1) is 0 Å². The second kappa shape index (κ2) is 21.7. The molecular formula is C90H50N8O4. The van der Waals surface area contributed by atoms with E-state index in [0.29, 0.717) is 34.9 Å². The Morgan fingerprint density at radius 3 is 1.12 bits per heavy atom. The molecule has 0 amide bonds. The Labute approximate surface area is 578 Å². The third-order valence-corrected chi connectivity index (χ3v) is 20.3. The maximum atomic E-state index is 6.97. The van der Waals surface area contributed by atoms with Crippen LogP contribution < -0.4 is 0 Å². The maximum Gasteiger partial charge on any atom is 0.164 e. The fourth-order valence-corrected chi connectivity index (χ4v) is 15.7. The van der Waals surface area contributed by atoms with Crippen LogP contribution in [0.25, 0.3) is 222 Å². The quantitative estimate of drug-likeness (QED) is 0.137. The highest BCUT2D eigenvalue weighted by atomic mass is 16.3. The molecule has 22 rings (SSSR count). The molecule has 12 nitrogen and oxygen atoms in total. The lowest BCUT2D eigenvalue weighted by Crippen LogP contribution is -2.00. The Balaban J connectivity index is 0.653. The highest BCUT2D eigenvalue weighted by molar-refractivity contribution is 6.29. The number of benzene rings is 14. The number of para-hydroxylation sites is 3. The van der Waals surface area contributed by atoms with Gasteiger partial charge >= 0.3 is 0 Å². The Hall–Kier alpha value is -14.1. The second-order valence-electron chi connectivity index (χ2n) is 26.0. The third kappa shape index (κ3) is 8.50. The normalized spacial score (nSPS) is 12.1. The summed E-state index contributed by atoms with van der Waals surface area (Å²) in [6.45, 7) is 0. The van der Waals surface area contributed by atoms with Crippen molar-refractivity contribution in [3.05, 3.63) is 303 Å². The first-order valence-electron chi connectivity index (χ1n) is 34.0. The molecule has 0 radical (unpaired) electrons. The number of nitrogens with zero attached hydrogens (tertiary/aromatic N) is 8. The molecule has 0 bridgehead atoms. The van der Waals surface area contributed by atoms with Crippen LogP contribution in [0.3, 0.4) is 0 Å². The van der Waals surface area contributed by atoms with E-state index >= 15 is 0 Å². The zero-order valence-electron chi connectivity index (χ0n) is 54.1. The second-order valence-corrected chi connectivity index (χ2v) is 26.0. The van der Waals surface area contributed by atoms with Crippen LogP contribution >= 0.6 is 0 Å². The van der Waals surface area contributed by atoms with Gasteiger partial charge in [-0.25, -0.2) is 29.9 Å². The molecule has 12 heteroatoms. The standard InChI is InChI=1S/C90H50N8O4/c1-4-18-52(19-5-1)85-91-86(53-20-6-2-7-21-53)95-90(94-85)65-28-17-33-75-80(65)83-78(101-75)47-46-76-81(83)66-49-58(40-43-72(66)99-76)98-70-31-15-12-26-61(70)62-41-38-56(48-71(62)98)51-34-36-55(37-35-51)88-92-87(54-22-8-3-9-23-54)93-89(96-88)64-27-16-32-74-79(64)63-42-45-77-82(84(63)102-74)67-50-57(39-44-73(67)100-77)97-68-29-13-10-24-59(68)60-25-11-14-30-69(60)97/h1-50H. The number of rotatable bonds is 9. The summed E-state index contributed by atoms with van der Waals surface area (Å²) in [5.41, 5.74) is 19.6. The van der Waals surface area contributed by atoms with Crippen molar-refractivity contribution in [3.63, 3.8) is 0 Å². The highest BCUT2D eigenvalue weighted by Gasteiger charge is 2.26. The monoisotopic (exact) mass is 1310 g/mol. The first-order chi connectivity index (χ1) is 50.5. The van der Waals surface area contributed by atoms with Gasteiger partial charge in [-0.3, -0.25) is 0 Å². The molecule has 0 saturated heterocycles. The summed E-state index contributed by atoms with van der Waals surface area (Å²) in [6, 6.07) is 105. The third-order valence-electron chi connectivity index (χ3n) is 20.3. The minimum atomic E-state index is 0.531. The van der Waals surface area contributed by atoms with Gasteiger partial charge in [0.05, 0.1) is 27.5 Å². The molecule has 22 aromatic rings. The van der Waals surface area contributed by atoms with E-state index in [9.17, 15) is 0 Å². The SMILES string of the molecule is c1ccc(-c2nc(-c3ccc(-c4ccc5c6ccccc6n(-c6ccc7oc8ccc9oc%10cccc(-c%11nc(-c%12ccccc%12)nc(-c%12ccccc%12)n%11)c%10c9c8c7c6)c5c4)cc3)nc(-c3cccc4oc5c(ccc6oc7ccc(-n8c9ccccc9c9ccccc98)cc7c65)c34)n2)cc1. The molecule has 8 aromatic heterocycles. The van der Waals surface area contributed by atoms with Crippen molar-refractivity contribution in [2.45, 2.75) is 0 Å². The van der Waals surface area contributed by atoms with E-state index in [0.717, 1.165) is 176 Å². The summed E-state index contributed by atoms with van der Waals surface area (Å²) in [7, 11) is 0. The minimum absolute atomic E-state index is 0.531. The minimum Gasteiger partial charge on any atom is -0.456 e. The molecule has 0 aliphatic carbocycles. The molecule has 102 heavy (non-hydrogen) atoms. The summed E-state index contributed by atoms with van der Waals surface area (Å²) < 4.78 is 31.8. The summed E-state index contributed by atoms with van der Waals surface area (Å²) in [5.74, 6) is 3.35. The molecule has 0 atom stereocenters. The molecule has 14 aromatic carbocycles. The van der Waals surface area contributed by atoms with Crippen LogP contribution in [0.15, 0.2) is 321 Å². The number of fused-ring (bicyclic) bond motifs is 20. The predicted molar refractivity (Wildman–Crippen MR) is 409 cm³/mol. The lowest BCUT2D eigenvalue weighted by Gasteiger charge is -2.11. The van der Waals surface area contributed by atoms with Crippen molar-refractivity contribution in [3.8, 4) is 90.8 Å². The van der Waals surface area contributed by atoms with Gasteiger partial charge in [0.1, 0.15) is 44.7 Å². The summed E-state index contributed by atoms with van der Waals surface area (Å²) in [5, 5.41) is 12.1. The highest BCUT2D eigenvalue weighted by Crippen LogP contribution is 2.47. The van der Waals surface area contributed by atoms with Crippen LogP contribution in [0.2, 0.25) is 0 Å². The zero-order chi connectivity index (χ0) is 66.7. The molecule has 8 heterocycles. The average molecular weight is 1310 g/mol. The van der Waals surface area contributed by atoms with Crippen molar-refractivity contribution < 1.29 is 17.7 Å². The van der Waals surface area contributed by atoms with Crippen molar-refractivity contribution in [1.82, 2.24) is 39.0 Å². The van der Waals surface area contributed by atoms with Crippen LogP contribution in [0.5, 0.6) is 0 Å². The fourth-order valence-electron chi connectivity index (χ4n) is 15.7. The topological polar surface area (TPSA) is 140 Å². The summed E-state index contributed by atoms with van der Waals surface area (Å²) >= 11 is 0. The zero-order valence-corrected chi connectivity index (χ0v) is 54.1. The molecule has 474 valence electrons. The van der Waals surface area contributed by atoms with E-state index in [1.165, 1.54) is 10.8 Å². The van der Waals surface area contributed by atoms with Gasteiger partial charge in [-0.05, 0) is 108 Å². The van der Waals surface area contributed by atoms with Gasteiger partial charge < -0.3 is 26.8 Å².